The summed E-state index contributed by atoms with van der Waals surface area (Å²) >= 11 is 0. The van der Waals surface area contributed by atoms with Gasteiger partial charge in [-0.2, -0.15) is 0 Å². The maximum atomic E-state index is 14.5. The molecule has 2 aliphatic rings. The Balaban J connectivity index is 1.59. The van der Waals surface area contributed by atoms with E-state index in [4.69, 9.17) is 33.5 Å². The number of carbonyl (C=O) groups is 22. The quantitative estimate of drug-likeness (QED) is 0.0166. The van der Waals surface area contributed by atoms with Gasteiger partial charge in [0.25, 0.3) is 0 Å². The summed E-state index contributed by atoms with van der Waals surface area (Å²) in [5.74, 6) is -29.5. The van der Waals surface area contributed by atoms with Crippen LogP contribution in [0.5, 0.6) is 5.75 Å². The molecular formula is C81H119N21O30. The summed E-state index contributed by atoms with van der Waals surface area (Å²) in [6, 6.07) is -14.0. The fourth-order valence-corrected chi connectivity index (χ4v) is 13.9. The van der Waals surface area contributed by atoms with E-state index in [-0.39, 0.29) is 88.2 Å². The molecule has 16 unspecified atom stereocenters. The first-order chi connectivity index (χ1) is 62.0. The number of hydrogen-bond acceptors (Lipinski definition) is 27. The fourth-order valence-electron chi connectivity index (χ4n) is 13.9. The molecule has 2 aromatic carbocycles. The third-order valence-corrected chi connectivity index (χ3v) is 20.7. The minimum atomic E-state index is -2.21. The lowest BCUT2D eigenvalue weighted by molar-refractivity contribution is -0.148. The average Bonchev–Trinajstić information content (AvgIpc) is 1.65. The minimum Gasteiger partial charge on any atom is -0.508 e. The molecule has 0 radical (unpaired) electrons. The summed E-state index contributed by atoms with van der Waals surface area (Å²) < 4.78 is 0. The predicted molar refractivity (Wildman–Crippen MR) is 456 cm³/mol. The topological polar surface area (TPSA) is 840 Å². The summed E-state index contributed by atoms with van der Waals surface area (Å²) in [4.78, 5) is 298. The number of primary amides is 2. The molecular weight excluding hydrogens is 1750 g/mol. The molecule has 0 saturated carbocycles. The first-order valence-electron chi connectivity index (χ1n) is 42.1. The van der Waals surface area contributed by atoms with Crippen LogP contribution in [0.3, 0.4) is 0 Å². The van der Waals surface area contributed by atoms with Crippen LogP contribution in [0.1, 0.15) is 148 Å². The van der Waals surface area contributed by atoms with Gasteiger partial charge in [-0.3, -0.25) is 111 Å². The Kier molecular flexibility index (Phi) is 45.2. The van der Waals surface area contributed by atoms with Gasteiger partial charge in [0.1, 0.15) is 90.3 Å². The third kappa shape index (κ3) is 37.8. The summed E-state index contributed by atoms with van der Waals surface area (Å²) in [6.45, 7) is 4.94. The number of phenols is 1. The molecule has 2 fully saturated rings. The van der Waals surface area contributed by atoms with Crippen LogP contribution in [-0.4, -0.2) is 316 Å². The lowest BCUT2D eigenvalue weighted by atomic mass is 10.0. The number of carboxylic acid groups (broad SMARTS) is 5. The van der Waals surface area contributed by atoms with E-state index in [2.05, 4.69) is 74.4 Å². The van der Waals surface area contributed by atoms with Gasteiger partial charge in [-0.15, -0.1) is 0 Å². The van der Waals surface area contributed by atoms with E-state index in [1.54, 1.807) is 58.0 Å². The highest BCUT2D eigenvalue weighted by Crippen LogP contribution is 2.25. The molecule has 51 nitrogen and oxygen atoms in total. The molecule has 0 spiro atoms. The zero-order chi connectivity index (χ0) is 99.1. The second-order valence-electron chi connectivity index (χ2n) is 32.3. The summed E-state index contributed by atoms with van der Waals surface area (Å²) in [5, 5.41) is 120. The van der Waals surface area contributed by atoms with Crippen LogP contribution in [0.25, 0.3) is 0 Å². The van der Waals surface area contributed by atoms with Crippen molar-refractivity contribution < 1.29 is 146 Å². The number of aliphatic hydroxyl groups excluding tert-OH is 2. The van der Waals surface area contributed by atoms with E-state index >= 15 is 0 Å². The van der Waals surface area contributed by atoms with Crippen LogP contribution in [0, 0.1) is 17.2 Å². The van der Waals surface area contributed by atoms with Gasteiger partial charge in [0.05, 0.1) is 44.6 Å². The Morgan fingerprint density at radius 3 is 1.33 bits per heavy atom. The van der Waals surface area contributed by atoms with Crippen LogP contribution < -0.4 is 97.4 Å². The van der Waals surface area contributed by atoms with Crippen molar-refractivity contribution in [3.63, 3.8) is 0 Å². The second kappa shape index (κ2) is 54.3. The number of aromatic hydroxyl groups is 1. The van der Waals surface area contributed by atoms with Crippen molar-refractivity contribution in [2.45, 2.75) is 247 Å². The predicted octanol–water partition coefficient (Wildman–Crippen LogP) is -9.34. The summed E-state index contributed by atoms with van der Waals surface area (Å²) in [6.07, 6.45) is -11.1. The van der Waals surface area contributed by atoms with E-state index in [9.17, 15) is 141 Å². The molecule has 0 aromatic heterocycles. The molecule has 0 aliphatic carbocycles. The number of nitrogens with two attached hydrogens (primary N) is 4. The lowest BCUT2D eigenvalue weighted by Gasteiger charge is -2.33. The van der Waals surface area contributed by atoms with Gasteiger partial charge < -0.3 is 148 Å². The van der Waals surface area contributed by atoms with Crippen molar-refractivity contribution in [3.05, 3.63) is 65.7 Å². The molecule has 132 heavy (non-hydrogen) atoms. The summed E-state index contributed by atoms with van der Waals surface area (Å²) in [7, 11) is 0. The van der Waals surface area contributed by atoms with Crippen molar-refractivity contribution in [3.8, 4) is 5.75 Å². The molecule has 16 atom stereocenters. The normalized spacial score (nSPS) is 16.6. The van der Waals surface area contributed by atoms with Crippen LogP contribution in [0.2, 0.25) is 0 Å². The van der Waals surface area contributed by atoms with Crippen molar-refractivity contribution in [1.82, 2.24) is 84.2 Å². The van der Waals surface area contributed by atoms with Gasteiger partial charge in [-0.25, -0.2) is 0 Å². The summed E-state index contributed by atoms with van der Waals surface area (Å²) in [5.41, 5.74) is 22.9. The van der Waals surface area contributed by atoms with Gasteiger partial charge in [0, 0.05) is 51.7 Å². The first-order valence-corrected chi connectivity index (χ1v) is 42.1. The van der Waals surface area contributed by atoms with E-state index in [0.29, 0.717) is 5.56 Å². The molecule has 2 aromatic rings. The molecule has 51 heteroatoms. The van der Waals surface area contributed by atoms with Crippen molar-refractivity contribution in [2.24, 2.45) is 34.8 Å². The number of aliphatic carboxylic acids is 5. The number of carbonyl (C=O) groups excluding carboxylic acids is 17. The average molecular weight is 1870 g/mol. The molecule has 31 N–H and O–H groups in total. The monoisotopic (exact) mass is 1870 g/mol. The van der Waals surface area contributed by atoms with Gasteiger partial charge in [0.15, 0.2) is 5.96 Å². The second-order valence-corrected chi connectivity index (χ2v) is 32.3. The highest BCUT2D eigenvalue weighted by Gasteiger charge is 2.45. The Bertz CT molecular complexity index is 4480. The molecule has 0 bridgehead atoms. The number of likely N-dealkylation sites (tertiary alicyclic amines) is 2. The van der Waals surface area contributed by atoms with Crippen LogP contribution in [0.15, 0.2) is 54.6 Å². The SMILES string of the molecule is CC(C)CC(NC(=O)CNC(=O)C(Cc1ccccc1)NC(=O)C(CC(=O)O)NC(=O)C(Cc1ccc(O)cc1)NC(=O)C(CO)NC(=O)C(CC(N)=O)NC(=O)C(CCCNC(=N)N)NC(=O)C(CCC(=O)O)NC(=O)C(NC(=O)C(CCC(=O)O)NC(=O)C1CCCN1C(=O)C(CC(=O)O)NC(=O)C1CCCN1C(=O)C(NC(=O)C(N)CCC(=O)O)C(C)C)C(C)O)C(N)=O. The maximum absolute atomic E-state index is 14.5. The number of hydrogen-bond donors (Lipinski definition) is 27. The number of aliphatic hydroxyl groups is 2. The molecule has 2 saturated heterocycles. The third-order valence-electron chi connectivity index (χ3n) is 20.7. The molecule has 2 heterocycles. The molecule has 728 valence electrons. The highest BCUT2D eigenvalue weighted by molar-refractivity contribution is 6.03. The Morgan fingerprint density at radius 1 is 0.432 bits per heavy atom. The molecule has 2 aliphatic heterocycles. The fraction of sp³-hybridized carbons (Fsp3) is 0.568. The Hall–Kier alpha value is -14.3. The largest absolute Gasteiger partial charge is 0.508 e. The Labute approximate surface area is 755 Å². The van der Waals surface area contributed by atoms with Gasteiger partial charge >= 0.3 is 29.8 Å². The van der Waals surface area contributed by atoms with Crippen molar-refractivity contribution in [2.75, 3.05) is 32.8 Å². The first kappa shape index (κ1) is 110. The highest BCUT2D eigenvalue weighted by atomic mass is 16.4. The number of rotatable bonds is 57. The van der Waals surface area contributed by atoms with Gasteiger partial charge in [-0.05, 0) is 106 Å². The van der Waals surface area contributed by atoms with Crippen molar-refractivity contribution >= 4 is 136 Å². The van der Waals surface area contributed by atoms with Crippen LogP contribution in [-0.2, 0) is 118 Å². The standard InChI is InChI=1S/C81H119N21O30/c1-38(2)30-48(66(84)118)89-58(107)36-88-68(120)49(31-41-12-7-6-8-13-41)93-74(126)52(34-62(114)115)96-72(124)50(32-42-17-19-43(105)20-18-42)94-75(127)54(37-103)98-73(125)51(33-57(83)106)95-69(121)45(14-9-27-87-81(85)86)90-70(122)46(22-25-60(110)111)92-78(130)65(40(5)104)100-71(123)47(23-26-61(112)113)91-76(128)55-15-10-28-101(55)79(131)53(35-63(116)117)97-77(129)56-16-11-29-102(56)80(132)64(39(3)4)99-67(119)44(82)21-24-59(108)109/h6-8,12-13,17-20,38-40,44-56,64-65,103-105H,9-11,14-16,21-37,82H2,1-5H3,(H2,83,106)(H2,84,118)(H,88,120)(H,89,107)(H,90,122)(H,91,128)(H,92,130)(H,93,126)(H,94,127)(H,95,121)(H,96,124)(H,97,129)(H,98,125)(H,99,119)(H,100,123)(H,108,109)(H,110,111)(H,112,113)(H,114,115)(H,116,117)(H4,85,86,87). The number of nitrogens with one attached hydrogen (secondary N) is 15. The maximum Gasteiger partial charge on any atom is 0.305 e. The molecule has 17 amide bonds. The molecule has 4 rings (SSSR count). The van der Waals surface area contributed by atoms with Crippen LogP contribution >= 0.6 is 0 Å². The number of carboxylic acids is 5. The van der Waals surface area contributed by atoms with E-state index in [1.165, 1.54) is 24.3 Å². The van der Waals surface area contributed by atoms with Gasteiger partial charge in [-0.1, -0.05) is 70.2 Å². The van der Waals surface area contributed by atoms with Crippen LogP contribution in [0.4, 0.5) is 0 Å². The zero-order valence-electron chi connectivity index (χ0n) is 73.1. The number of guanidine groups is 1. The van der Waals surface area contributed by atoms with E-state index in [1.807, 2.05) is 0 Å². The Morgan fingerprint density at radius 2 is 0.848 bits per heavy atom. The number of amides is 17. The lowest BCUT2D eigenvalue weighted by Crippen LogP contribution is -2.62. The van der Waals surface area contributed by atoms with Gasteiger partial charge in [0.2, 0.25) is 100 Å². The minimum absolute atomic E-state index is 0.0103. The van der Waals surface area contributed by atoms with E-state index in [0.717, 1.165) is 16.7 Å². The van der Waals surface area contributed by atoms with Crippen molar-refractivity contribution in [1.29, 1.82) is 5.41 Å². The smallest absolute Gasteiger partial charge is 0.305 e. The number of nitrogens with zero attached hydrogens (tertiary/aromatic N) is 2. The van der Waals surface area contributed by atoms with E-state index < -0.39 is 316 Å². The number of benzene rings is 2. The zero-order valence-corrected chi connectivity index (χ0v) is 73.1. The number of phenolic OH excluding ortho intramolecular Hbond substituents is 1.